The lowest BCUT2D eigenvalue weighted by Gasteiger charge is -2.21. The molecule has 5 rings (SSSR count). The fourth-order valence-corrected chi connectivity index (χ4v) is 4.03. The van der Waals surface area contributed by atoms with Crippen molar-refractivity contribution in [3.05, 3.63) is 88.7 Å². The van der Waals surface area contributed by atoms with Crippen molar-refractivity contribution in [1.82, 2.24) is 19.6 Å². The summed E-state index contributed by atoms with van der Waals surface area (Å²) in [5, 5.41) is 20.0. The highest BCUT2D eigenvalue weighted by Crippen LogP contribution is 2.33. The topological polar surface area (TPSA) is 107 Å². The summed E-state index contributed by atoms with van der Waals surface area (Å²) < 4.78 is 1.64. The van der Waals surface area contributed by atoms with E-state index in [2.05, 4.69) is 15.2 Å². The predicted octanol–water partition coefficient (Wildman–Crippen LogP) is 4.75. The van der Waals surface area contributed by atoms with Crippen LogP contribution < -0.4 is 4.90 Å². The summed E-state index contributed by atoms with van der Waals surface area (Å²) in [4.78, 5) is 28.9. The van der Waals surface area contributed by atoms with E-state index in [1.54, 1.807) is 17.4 Å². The second-order valence-electron chi connectivity index (χ2n) is 8.08. The number of rotatable bonds is 6. The van der Waals surface area contributed by atoms with Gasteiger partial charge in [0.2, 0.25) is 0 Å². The van der Waals surface area contributed by atoms with Crippen LogP contribution in [0.25, 0.3) is 27.8 Å². The third kappa shape index (κ3) is 3.83. The van der Waals surface area contributed by atoms with Gasteiger partial charge in [0.25, 0.3) is 11.5 Å². The Morgan fingerprint density at radius 1 is 1.06 bits per heavy atom. The molecule has 0 atom stereocenters. The Labute approximate surface area is 194 Å². The molecule has 9 heteroatoms. The molecular weight excluding hydrogens is 432 g/mol. The van der Waals surface area contributed by atoms with Gasteiger partial charge in [-0.1, -0.05) is 36.4 Å². The van der Waals surface area contributed by atoms with Crippen molar-refractivity contribution >= 4 is 39.7 Å². The molecule has 3 aromatic carbocycles. The summed E-state index contributed by atoms with van der Waals surface area (Å²) >= 11 is 0. The summed E-state index contributed by atoms with van der Waals surface area (Å²) in [6.45, 7) is 1.58. The zero-order valence-electron chi connectivity index (χ0n) is 18.5. The van der Waals surface area contributed by atoms with Crippen molar-refractivity contribution in [3.8, 4) is 11.1 Å². The molecule has 0 amide bonds. The minimum absolute atomic E-state index is 0.0162. The number of anilines is 2. The van der Waals surface area contributed by atoms with Gasteiger partial charge in [-0.25, -0.2) is 0 Å². The highest BCUT2D eigenvalue weighted by atomic mass is 16.6. The van der Waals surface area contributed by atoms with Gasteiger partial charge in [-0.05, 0) is 41.8 Å². The number of nitro benzene ring substituents is 1. The number of carbonyl (C=O) groups is 1. The Bertz CT molecular complexity index is 1560. The molecule has 0 unspecified atom stereocenters. The van der Waals surface area contributed by atoms with Gasteiger partial charge in [0, 0.05) is 36.7 Å². The van der Waals surface area contributed by atoms with Crippen molar-refractivity contribution in [3.63, 3.8) is 0 Å². The first kappa shape index (κ1) is 21.2. The molecule has 2 aromatic heterocycles. The molecule has 34 heavy (non-hydrogen) atoms. The fraction of sp³-hybridized carbons (Fsp3) is 0.120. The van der Waals surface area contributed by atoms with Gasteiger partial charge in [0.05, 0.1) is 10.4 Å². The van der Waals surface area contributed by atoms with Gasteiger partial charge in [0.15, 0.2) is 0 Å². The number of aromatic nitrogens is 4. The molecule has 0 spiro atoms. The lowest BCUT2D eigenvalue weighted by molar-refractivity contribution is -0.384. The summed E-state index contributed by atoms with van der Waals surface area (Å²) in [6.07, 6.45) is 1.92. The first-order chi connectivity index (χ1) is 16.4. The van der Waals surface area contributed by atoms with Crippen LogP contribution in [0.15, 0.2) is 73.1 Å². The third-order valence-electron chi connectivity index (χ3n) is 5.72. The molecular formula is C25H20N6O3. The quantitative estimate of drug-likeness (QED) is 0.270. The van der Waals surface area contributed by atoms with Crippen LogP contribution in [-0.4, -0.2) is 37.3 Å². The number of hydrogen-bond acceptors (Lipinski definition) is 7. The van der Waals surface area contributed by atoms with E-state index in [9.17, 15) is 14.9 Å². The van der Waals surface area contributed by atoms with Crippen molar-refractivity contribution in [2.24, 2.45) is 0 Å². The van der Waals surface area contributed by atoms with E-state index in [1.165, 1.54) is 18.5 Å². The molecule has 0 fully saturated rings. The van der Waals surface area contributed by atoms with Crippen LogP contribution in [0.4, 0.5) is 17.2 Å². The van der Waals surface area contributed by atoms with Crippen molar-refractivity contribution in [2.45, 2.75) is 13.3 Å². The summed E-state index contributed by atoms with van der Waals surface area (Å²) in [5.74, 6) is 1.09. The Morgan fingerprint density at radius 2 is 1.85 bits per heavy atom. The highest BCUT2D eigenvalue weighted by molar-refractivity contribution is 5.94. The largest absolute Gasteiger partial charge is 0.329 e. The maximum Gasteiger partial charge on any atom is 0.271 e. The van der Waals surface area contributed by atoms with Gasteiger partial charge in [-0.15, -0.1) is 10.2 Å². The number of carbonyl (C=O) groups excluding carboxylic acids is 1. The Balaban J connectivity index is 1.57. The standard InChI is InChI=1S/C25H20N6O3/c1-16(32)12-17-6-8-18(9-7-17)19-4-3-5-20(13-19)29(2)24-22-11-10-21(31(33)34)14-23(22)30-15-26-28-25(30)27-24/h3-11,13-15H,12H2,1-2H3. The van der Waals surface area contributed by atoms with Gasteiger partial charge in [-0.2, -0.15) is 4.98 Å². The summed E-state index contributed by atoms with van der Waals surface area (Å²) in [5.41, 5.74) is 4.50. The van der Waals surface area contributed by atoms with Crippen LogP contribution in [0.1, 0.15) is 12.5 Å². The van der Waals surface area contributed by atoms with Crippen LogP contribution in [0.5, 0.6) is 0 Å². The lowest BCUT2D eigenvalue weighted by Crippen LogP contribution is -2.13. The fourth-order valence-electron chi connectivity index (χ4n) is 4.03. The lowest BCUT2D eigenvalue weighted by atomic mass is 10.0. The maximum absolute atomic E-state index is 11.4. The minimum Gasteiger partial charge on any atom is -0.329 e. The van der Waals surface area contributed by atoms with Crippen molar-refractivity contribution < 1.29 is 9.72 Å². The SMILES string of the molecule is CC(=O)Cc1ccc(-c2cccc(N(C)c3nc4nncn4c4cc([N+](=O)[O-])ccc34)c2)cc1. The number of fused-ring (bicyclic) bond motifs is 3. The zero-order chi connectivity index (χ0) is 23.8. The second-order valence-corrected chi connectivity index (χ2v) is 8.08. The first-order valence-electron chi connectivity index (χ1n) is 10.6. The van der Waals surface area contributed by atoms with Crippen LogP contribution in [0.2, 0.25) is 0 Å². The number of benzene rings is 3. The Morgan fingerprint density at radius 3 is 2.59 bits per heavy atom. The van der Waals surface area contributed by atoms with E-state index in [-0.39, 0.29) is 11.5 Å². The number of nitro groups is 1. The van der Waals surface area contributed by atoms with E-state index in [1.807, 2.05) is 60.5 Å². The number of hydrogen-bond donors (Lipinski definition) is 0. The first-order valence-corrected chi connectivity index (χ1v) is 10.6. The van der Waals surface area contributed by atoms with Gasteiger partial charge in [0.1, 0.15) is 17.9 Å². The zero-order valence-corrected chi connectivity index (χ0v) is 18.5. The molecule has 2 heterocycles. The highest BCUT2D eigenvalue weighted by Gasteiger charge is 2.17. The third-order valence-corrected chi connectivity index (χ3v) is 5.72. The second kappa shape index (κ2) is 8.36. The van der Waals surface area contributed by atoms with E-state index in [0.717, 1.165) is 27.8 Å². The van der Waals surface area contributed by atoms with Crippen molar-refractivity contribution in [1.29, 1.82) is 0 Å². The number of ketones is 1. The minimum atomic E-state index is -0.426. The van der Waals surface area contributed by atoms with Crippen LogP contribution in [0, 0.1) is 10.1 Å². The maximum atomic E-state index is 11.4. The van der Waals surface area contributed by atoms with Gasteiger partial charge >= 0.3 is 0 Å². The Kier molecular flexibility index (Phi) is 5.21. The van der Waals surface area contributed by atoms with Crippen molar-refractivity contribution in [2.75, 3.05) is 11.9 Å². The molecule has 0 aliphatic heterocycles. The van der Waals surface area contributed by atoms with Crippen LogP contribution >= 0.6 is 0 Å². The van der Waals surface area contributed by atoms with E-state index >= 15 is 0 Å². The van der Waals surface area contributed by atoms with Crippen LogP contribution in [0.3, 0.4) is 0 Å². The summed E-state index contributed by atoms with van der Waals surface area (Å²) in [7, 11) is 1.89. The average Bonchev–Trinajstić information content (AvgIpc) is 3.32. The van der Waals surface area contributed by atoms with E-state index < -0.39 is 4.92 Å². The van der Waals surface area contributed by atoms with Gasteiger partial charge in [-0.3, -0.25) is 19.3 Å². The number of nitrogens with zero attached hydrogens (tertiary/aromatic N) is 6. The predicted molar refractivity (Wildman–Crippen MR) is 129 cm³/mol. The van der Waals surface area contributed by atoms with Gasteiger partial charge < -0.3 is 4.90 Å². The normalized spacial score (nSPS) is 11.1. The summed E-state index contributed by atoms with van der Waals surface area (Å²) in [6, 6.07) is 20.6. The molecule has 0 saturated heterocycles. The molecule has 0 saturated carbocycles. The molecule has 168 valence electrons. The number of non-ortho nitro benzene ring substituents is 1. The molecule has 0 bridgehead atoms. The molecule has 0 N–H and O–H groups in total. The molecule has 9 nitrogen and oxygen atoms in total. The number of Topliss-reactive ketones (excluding diaryl/α,β-unsaturated/α-hetero) is 1. The smallest absolute Gasteiger partial charge is 0.271 e. The van der Waals surface area contributed by atoms with E-state index in [0.29, 0.717) is 23.5 Å². The molecule has 0 radical (unpaired) electrons. The Hall–Kier alpha value is -4.66. The molecule has 0 aliphatic carbocycles. The average molecular weight is 452 g/mol. The molecule has 0 aliphatic rings. The van der Waals surface area contributed by atoms with Crippen LogP contribution in [-0.2, 0) is 11.2 Å². The van der Waals surface area contributed by atoms with E-state index in [4.69, 9.17) is 0 Å². The molecule has 5 aromatic rings. The monoisotopic (exact) mass is 452 g/mol.